The van der Waals surface area contributed by atoms with Crippen molar-refractivity contribution < 1.29 is 0 Å². The van der Waals surface area contributed by atoms with Crippen molar-refractivity contribution in [3.05, 3.63) is 56.5 Å². The third kappa shape index (κ3) is 2.86. The summed E-state index contributed by atoms with van der Waals surface area (Å²) < 4.78 is 2.14. The van der Waals surface area contributed by atoms with E-state index in [-0.39, 0.29) is 0 Å². The molecule has 0 bridgehead atoms. The third-order valence-corrected chi connectivity index (χ3v) is 4.30. The molecule has 0 atom stereocenters. The number of aromatic nitrogens is 3. The number of aryl methyl sites for hydroxylation is 2. The fourth-order valence-electron chi connectivity index (χ4n) is 2.03. The van der Waals surface area contributed by atoms with E-state index < -0.39 is 0 Å². The van der Waals surface area contributed by atoms with Gasteiger partial charge in [-0.3, -0.25) is 0 Å². The summed E-state index contributed by atoms with van der Waals surface area (Å²) >= 11 is 6.96. The largest absolute Gasteiger partial charge is 0.250 e. The molecule has 1 N–H and O–H groups in total. The molecule has 2 aromatic heterocycles. The molecule has 4 nitrogen and oxygen atoms in total. The van der Waals surface area contributed by atoms with Gasteiger partial charge in [-0.05, 0) is 43.8 Å². The predicted molar refractivity (Wildman–Crippen MR) is 89.6 cm³/mol. The minimum atomic E-state index is 0.484. The number of nitrogens with zero attached hydrogens (tertiary/aromatic N) is 3. The Kier molecular flexibility index (Phi) is 3.81. The van der Waals surface area contributed by atoms with Crippen molar-refractivity contribution in [3.8, 4) is 11.4 Å². The van der Waals surface area contributed by atoms with Crippen molar-refractivity contribution in [3.63, 3.8) is 0 Å². The lowest BCUT2D eigenvalue weighted by molar-refractivity contribution is 0.871. The van der Waals surface area contributed by atoms with Crippen molar-refractivity contribution in [2.24, 2.45) is 5.10 Å². The summed E-state index contributed by atoms with van der Waals surface area (Å²) in [4.78, 5) is 2.35. The van der Waals surface area contributed by atoms with Crippen molar-refractivity contribution in [1.82, 2.24) is 14.9 Å². The van der Waals surface area contributed by atoms with Crippen LogP contribution < -0.4 is 0 Å². The van der Waals surface area contributed by atoms with Crippen molar-refractivity contribution in [2.45, 2.75) is 13.8 Å². The van der Waals surface area contributed by atoms with E-state index in [1.54, 1.807) is 16.0 Å². The average molecular weight is 314 g/mol. The van der Waals surface area contributed by atoms with Crippen LogP contribution in [-0.4, -0.2) is 21.1 Å². The van der Waals surface area contributed by atoms with Gasteiger partial charge in [0.15, 0.2) is 5.82 Å². The van der Waals surface area contributed by atoms with Gasteiger partial charge < -0.3 is 0 Å². The summed E-state index contributed by atoms with van der Waals surface area (Å²) in [6.07, 6.45) is 1.81. The van der Waals surface area contributed by atoms with Gasteiger partial charge in [-0.1, -0.05) is 24.3 Å². The monoisotopic (exact) mass is 314 g/mol. The second-order valence-electron chi connectivity index (χ2n) is 4.67. The highest BCUT2D eigenvalue weighted by atomic mass is 32.1. The third-order valence-electron chi connectivity index (χ3n) is 3.10. The molecule has 3 aromatic rings. The molecule has 2 heterocycles. The van der Waals surface area contributed by atoms with Crippen LogP contribution in [-0.2, 0) is 0 Å². The molecule has 0 aliphatic rings. The maximum absolute atomic E-state index is 5.27. The molecule has 0 aliphatic carbocycles. The molecular weight excluding hydrogens is 300 g/mol. The fourth-order valence-corrected chi connectivity index (χ4v) is 2.96. The zero-order valence-electron chi connectivity index (χ0n) is 11.7. The Balaban J connectivity index is 2.04. The van der Waals surface area contributed by atoms with Crippen LogP contribution in [0.15, 0.2) is 41.5 Å². The van der Waals surface area contributed by atoms with Gasteiger partial charge in [0.1, 0.15) is 0 Å². The Morgan fingerprint density at radius 1 is 1.24 bits per heavy atom. The molecule has 106 valence electrons. The van der Waals surface area contributed by atoms with Gasteiger partial charge >= 0.3 is 0 Å². The van der Waals surface area contributed by atoms with E-state index >= 15 is 0 Å². The molecule has 0 unspecified atom stereocenters. The zero-order valence-corrected chi connectivity index (χ0v) is 13.3. The highest BCUT2D eigenvalue weighted by Crippen LogP contribution is 2.21. The smallest absolute Gasteiger partial charge is 0.216 e. The number of hydrogen-bond donors (Lipinski definition) is 1. The summed E-state index contributed by atoms with van der Waals surface area (Å²) in [6.45, 7) is 4.12. The molecule has 0 spiro atoms. The quantitative estimate of drug-likeness (QED) is 0.582. The van der Waals surface area contributed by atoms with Crippen LogP contribution in [0.25, 0.3) is 11.4 Å². The second-order valence-corrected chi connectivity index (χ2v) is 6.38. The molecule has 0 amide bonds. The number of thiophene rings is 1. The molecule has 6 heteroatoms. The predicted octanol–water partition coefficient (Wildman–Crippen LogP) is 4.17. The lowest BCUT2D eigenvalue weighted by atomic mass is 10.1. The first-order valence-electron chi connectivity index (χ1n) is 6.49. The molecule has 21 heavy (non-hydrogen) atoms. The molecule has 0 fully saturated rings. The maximum Gasteiger partial charge on any atom is 0.216 e. The number of rotatable bonds is 3. The topological polar surface area (TPSA) is 46.0 Å². The van der Waals surface area contributed by atoms with Gasteiger partial charge in [0.2, 0.25) is 4.77 Å². The summed E-state index contributed by atoms with van der Waals surface area (Å²) in [7, 11) is 0. The standard InChI is InChI=1S/C15H14N4S2/c1-10-5-3-4-6-13(10)14-17-18-15(20)19(14)16-9-12-8-7-11(2)21-12/h3-9H,1-2H3,(H,18,20)/b16-9+. The van der Waals surface area contributed by atoms with E-state index in [1.807, 2.05) is 43.5 Å². The number of benzene rings is 1. The lowest BCUT2D eigenvalue weighted by Gasteiger charge is -2.03. The van der Waals surface area contributed by atoms with Crippen molar-refractivity contribution in [2.75, 3.05) is 0 Å². The Morgan fingerprint density at radius 2 is 2.05 bits per heavy atom. The number of hydrogen-bond acceptors (Lipinski definition) is 4. The normalized spacial score (nSPS) is 11.3. The SMILES string of the molecule is Cc1ccc(/C=N/n2c(-c3ccccc3C)n[nH]c2=S)s1. The van der Waals surface area contributed by atoms with Crippen LogP contribution in [0.1, 0.15) is 15.3 Å². The summed E-state index contributed by atoms with van der Waals surface area (Å²) in [5, 5.41) is 11.6. The van der Waals surface area contributed by atoms with Gasteiger partial charge in [-0.15, -0.1) is 11.3 Å². The van der Waals surface area contributed by atoms with Gasteiger partial charge in [-0.25, -0.2) is 5.10 Å². The van der Waals surface area contributed by atoms with E-state index in [4.69, 9.17) is 12.2 Å². The summed E-state index contributed by atoms with van der Waals surface area (Å²) in [6, 6.07) is 12.2. The van der Waals surface area contributed by atoms with Gasteiger partial charge in [0, 0.05) is 15.3 Å². The van der Waals surface area contributed by atoms with E-state index in [9.17, 15) is 0 Å². The highest BCUT2D eigenvalue weighted by molar-refractivity contribution is 7.71. The number of H-pyrrole nitrogens is 1. The van der Waals surface area contributed by atoms with Gasteiger partial charge in [0.05, 0.1) is 6.21 Å². The Labute approximate surface area is 131 Å². The number of aromatic amines is 1. The Morgan fingerprint density at radius 3 is 2.76 bits per heavy atom. The van der Waals surface area contributed by atoms with Crippen LogP contribution in [0.2, 0.25) is 0 Å². The van der Waals surface area contributed by atoms with Gasteiger partial charge in [-0.2, -0.15) is 14.9 Å². The maximum atomic E-state index is 5.27. The van der Waals surface area contributed by atoms with Crippen molar-refractivity contribution in [1.29, 1.82) is 0 Å². The molecule has 0 saturated carbocycles. The van der Waals surface area contributed by atoms with E-state index in [0.29, 0.717) is 4.77 Å². The van der Waals surface area contributed by atoms with Crippen LogP contribution in [0.3, 0.4) is 0 Å². The zero-order chi connectivity index (χ0) is 14.8. The minimum absolute atomic E-state index is 0.484. The molecule has 3 rings (SSSR count). The highest BCUT2D eigenvalue weighted by Gasteiger charge is 2.10. The summed E-state index contributed by atoms with van der Waals surface area (Å²) in [5.41, 5.74) is 2.15. The molecule has 0 radical (unpaired) electrons. The van der Waals surface area contributed by atoms with E-state index in [0.717, 1.165) is 21.8 Å². The van der Waals surface area contributed by atoms with Crippen LogP contribution in [0, 0.1) is 18.6 Å². The minimum Gasteiger partial charge on any atom is -0.250 e. The van der Waals surface area contributed by atoms with E-state index in [2.05, 4.69) is 28.3 Å². The number of nitrogens with one attached hydrogen (secondary N) is 1. The molecule has 1 aromatic carbocycles. The Hall–Kier alpha value is -2.05. The van der Waals surface area contributed by atoms with Crippen LogP contribution in [0.4, 0.5) is 0 Å². The first-order valence-corrected chi connectivity index (χ1v) is 7.72. The average Bonchev–Trinajstić information content (AvgIpc) is 3.04. The fraction of sp³-hybridized carbons (Fsp3) is 0.133. The second kappa shape index (κ2) is 5.75. The van der Waals surface area contributed by atoms with E-state index in [1.165, 1.54) is 4.88 Å². The lowest BCUT2D eigenvalue weighted by Crippen LogP contribution is -1.95. The van der Waals surface area contributed by atoms with Crippen LogP contribution in [0.5, 0.6) is 0 Å². The van der Waals surface area contributed by atoms with Crippen LogP contribution >= 0.6 is 23.6 Å². The van der Waals surface area contributed by atoms with Crippen molar-refractivity contribution >= 4 is 29.8 Å². The molecule has 0 aliphatic heterocycles. The molecular formula is C15H14N4S2. The van der Waals surface area contributed by atoms with Gasteiger partial charge in [0.25, 0.3) is 0 Å². The summed E-state index contributed by atoms with van der Waals surface area (Å²) in [5.74, 6) is 0.725. The molecule has 0 saturated heterocycles. The first-order chi connectivity index (χ1) is 10.1. The first kappa shape index (κ1) is 13.9. The Bertz CT molecular complexity index is 854.